The Labute approximate surface area is 250 Å². The Bertz CT molecular complexity index is 1580. The van der Waals surface area contributed by atoms with Crippen molar-refractivity contribution in [1.29, 1.82) is 0 Å². The van der Waals surface area contributed by atoms with E-state index >= 15 is 0 Å². The minimum Gasteiger partial charge on any atom is -0.384 e. The van der Waals surface area contributed by atoms with E-state index in [1.54, 1.807) is 0 Å². The lowest BCUT2D eigenvalue weighted by Gasteiger charge is -2.57. The molecule has 1 aliphatic carbocycles. The topological polar surface area (TPSA) is 46.4 Å². The van der Waals surface area contributed by atoms with Gasteiger partial charge in [0, 0.05) is 51.8 Å². The second-order valence-corrected chi connectivity index (χ2v) is 14.0. The van der Waals surface area contributed by atoms with Gasteiger partial charge in [-0.05, 0) is 96.0 Å². The molecule has 6 atom stereocenters. The Morgan fingerprint density at radius 3 is 2.69 bits per heavy atom. The van der Waals surface area contributed by atoms with E-state index in [-0.39, 0.29) is 11.5 Å². The van der Waals surface area contributed by atoms with Crippen molar-refractivity contribution in [2.24, 2.45) is 18.4 Å². The van der Waals surface area contributed by atoms with Gasteiger partial charge in [-0.3, -0.25) is 4.90 Å². The van der Waals surface area contributed by atoms with Crippen LogP contribution in [0.2, 0.25) is 0 Å². The first-order valence-electron chi connectivity index (χ1n) is 16.7. The molecule has 0 radical (unpaired) electrons. The van der Waals surface area contributed by atoms with Gasteiger partial charge < -0.3 is 15.0 Å². The molecule has 3 bridgehead atoms. The number of aromatic amines is 1. The number of hydrogen-bond acceptors (Lipinski definition) is 3. The van der Waals surface area contributed by atoms with Crippen LogP contribution in [0.15, 0.2) is 66.9 Å². The zero-order chi connectivity index (χ0) is 28.3. The van der Waals surface area contributed by atoms with Crippen LogP contribution in [0.5, 0.6) is 0 Å². The fraction of sp³-hybridized carbons (Fsp3) is 0.541. The summed E-state index contributed by atoms with van der Waals surface area (Å²) in [6, 6.07) is 11.5. The molecule has 5 nitrogen and oxygen atoms in total. The standard InChI is InChI=1S/C37H46N4O/c1-39-22-17-29-28-15-9-10-16-32(28)38-33(29)34(39)30-25-37(42)19-11-5-2-3-6-12-20-40-23-18-31(30)36(26-40)24-27-14-8-4-7-13-21-41(27)35(36)37/h2,5,8-10,14-17,22,25,27,31,35,42H,3-4,6-7,11-13,18-21,23-24,26H2,1H3/p+1/b5-2-,14-8-/t27-,31?,35+,36-,37-/m0/s1. The number of piperidine rings is 1. The van der Waals surface area contributed by atoms with Crippen molar-refractivity contribution in [3.05, 3.63) is 72.6 Å². The Morgan fingerprint density at radius 1 is 0.929 bits per heavy atom. The van der Waals surface area contributed by atoms with Crippen LogP contribution in [-0.4, -0.2) is 63.8 Å². The van der Waals surface area contributed by atoms with E-state index in [0.29, 0.717) is 12.0 Å². The minimum absolute atomic E-state index is 0.0232. The van der Waals surface area contributed by atoms with Crippen molar-refractivity contribution in [2.45, 2.75) is 81.9 Å². The lowest BCUT2D eigenvalue weighted by atomic mass is 9.54. The SMILES string of the molecule is C[n+]1ccc2c([nH]c3ccccc32)c1C1=C[C@@]2(O)CC/C=C\CCCCN3CCC1[C@]1(C[C@@H]4/C=C\CCCCN4[C@H]12)C3. The summed E-state index contributed by atoms with van der Waals surface area (Å²) in [4.78, 5) is 9.38. The number of nitrogens with zero attached hydrogens (tertiary/aromatic N) is 3. The van der Waals surface area contributed by atoms with Crippen molar-refractivity contribution in [3.63, 3.8) is 0 Å². The van der Waals surface area contributed by atoms with E-state index in [9.17, 15) is 5.11 Å². The molecule has 2 N–H and O–H groups in total. The summed E-state index contributed by atoms with van der Waals surface area (Å²) in [5, 5.41) is 15.7. The Kier molecular flexibility index (Phi) is 6.69. The maximum Gasteiger partial charge on any atom is 0.232 e. The quantitative estimate of drug-likeness (QED) is 0.270. The van der Waals surface area contributed by atoms with Crippen molar-refractivity contribution < 1.29 is 9.67 Å². The molecule has 5 heteroatoms. The number of aliphatic hydroxyl groups is 1. The van der Waals surface area contributed by atoms with Crippen molar-refractivity contribution in [3.8, 4) is 0 Å². The second kappa shape index (κ2) is 10.5. The summed E-state index contributed by atoms with van der Waals surface area (Å²) in [5.74, 6) is 0.421. The van der Waals surface area contributed by atoms with E-state index in [4.69, 9.17) is 0 Å². The fourth-order valence-corrected chi connectivity index (χ4v) is 9.90. The van der Waals surface area contributed by atoms with Crippen LogP contribution in [-0.2, 0) is 7.05 Å². The van der Waals surface area contributed by atoms with Gasteiger partial charge in [0.15, 0.2) is 6.20 Å². The number of pyridine rings is 1. The summed E-state index contributed by atoms with van der Waals surface area (Å²) in [6.07, 6.45) is 25.7. The zero-order valence-electron chi connectivity index (χ0n) is 25.3. The molecule has 0 amide bonds. The molecule has 8 rings (SSSR count). The number of nitrogens with one attached hydrogen (secondary N) is 1. The number of fused-ring (bicyclic) bond motifs is 5. The average molecular weight is 564 g/mol. The molecule has 5 aliphatic rings. The number of allylic oxidation sites excluding steroid dienone is 4. The maximum atomic E-state index is 13.2. The molecule has 4 aliphatic heterocycles. The molecule has 6 heterocycles. The van der Waals surface area contributed by atoms with E-state index in [0.717, 1.165) is 51.7 Å². The van der Waals surface area contributed by atoms with E-state index in [2.05, 4.69) is 93.3 Å². The van der Waals surface area contributed by atoms with Crippen LogP contribution in [0.1, 0.15) is 69.9 Å². The lowest BCUT2D eigenvalue weighted by Crippen LogP contribution is -2.66. The molecule has 42 heavy (non-hydrogen) atoms. The first-order valence-corrected chi connectivity index (χ1v) is 16.7. The van der Waals surface area contributed by atoms with E-state index in [1.165, 1.54) is 71.7 Å². The molecule has 2 aromatic heterocycles. The van der Waals surface area contributed by atoms with E-state index < -0.39 is 5.60 Å². The van der Waals surface area contributed by atoms with Gasteiger partial charge in [0.25, 0.3) is 0 Å². The summed E-state index contributed by atoms with van der Waals surface area (Å²) in [5.41, 5.74) is 4.20. The molecule has 0 saturated carbocycles. The third-order valence-corrected chi connectivity index (χ3v) is 11.5. The highest BCUT2D eigenvalue weighted by molar-refractivity contribution is 6.09. The van der Waals surface area contributed by atoms with Crippen LogP contribution in [0.3, 0.4) is 0 Å². The van der Waals surface area contributed by atoms with Crippen LogP contribution in [0, 0.1) is 11.3 Å². The number of aryl methyl sites for hydroxylation is 1. The largest absolute Gasteiger partial charge is 0.384 e. The summed E-state index contributed by atoms with van der Waals surface area (Å²) >= 11 is 0. The molecule has 1 spiro atoms. The predicted octanol–water partition coefficient (Wildman–Crippen LogP) is 6.29. The number of aromatic nitrogens is 2. The van der Waals surface area contributed by atoms with Gasteiger partial charge in [-0.25, -0.2) is 0 Å². The third kappa shape index (κ3) is 4.18. The molecule has 2 fully saturated rings. The highest BCUT2D eigenvalue weighted by Crippen LogP contribution is 2.61. The fourth-order valence-electron chi connectivity index (χ4n) is 9.90. The molecular weight excluding hydrogens is 516 g/mol. The third-order valence-electron chi connectivity index (χ3n) is 11.5. The number of rotatable bonds is 1. The zero-order valence-corrected chi connectivity index (χ0v) is 25.3. The van der Waals surface area contributed by atoms with Crippen molar-refractivity contribution >= 4 is 27.4 Å². The summed E-state index contributed by atoms with van der Waals surface area (Å²) < 4.78 is 2.33. The van der Waals surface area contributed by atoms with Gasteiger partial charge in [-0.1, -0.05) is 42.5 Å². The average Bonchev–Trinajstić information content (AvgIpc) is 3.49. The van der Waals surface area contributed by atoms with Gasteiger partial charge in [0.05, 0.1) is 11.6 Å². The van der Waals surface area contributed by atoms with Gasteiger partial charge in [-0.2, -0.15) is 4.57 Å². The predicted molar refractivity (Wildman–Crippen MR) is 171 cm³/mol. The lowest BCUT2D eigenvalue weighted by molar-refractivity contribution is -0.672. The molecule has 220 valence electrons. The van der Waals surface area contributed by atoms with Crippen molar-refractivity contribution in [2.75, 3.05) is 26.2 Å². The second-order valence-electron chi connectivity index (χ2n) is 14.0. The molecule has 1 aromatic carbocycles. The minimum atomic E-state index is -0.879. The van der Waals surface area contributed by atoms with E-state index in [1.807, 2.05) is 0 Å². The van der Waals surface area contributed by atoms with Gasteiger partial charge in [0.1, 0.15) is 12.6 Å². The summed E-state index contributed by atoms with van der Waals surface area (Å²) in [7, 11) is 2.20. The number of H-pyrrole nitrogens is 1. The number of hydrogen-bond donors (Lipinski definition) is 2. The van der Waals surface area contributed by atoms with Crippen LogP contribution < -0.4 is 4.57 Å². The molecular formula is C37H47N4O+. The van der Waals surface area contributed by atoms with Gasteiger partial charge in [0.2, 0.25) is 5.69 Å². The van der Waals surface area contributed by atoms with Crippen LogP contribution in [0.25, 0.3) is 27.4 Å². The smallest absolute Gasteiger partial charge is 0.232 e. The Morgan fingerprint density at radius 2 is 1.76 bits per heavy atom. The monoisotopic (exact) mass is 563 g/mol. The highest BCUT2D eigenvalue weighted by Gasteiger charge is 2.66. The molecule has 3 aromatic rings. The van der Waals surface area contributed by atoms with Gasteiger partial charge >= 0.3 is 0 Å². The first-order chi connectivity index (χ1) is 20.6. The van der Waals surface area contributed by atoms with Crippen LogP contribution in [0.4, 0.5) is 0 Å². The molecule has 2 unspecified atom stereocenters. The highest BCUT2D eigenvalue weighted by atomic mass is 16.3. The molecule has 2 saturated heterocycles. The normalized spacial score (nSPS) is 37.0. The van der Waals surface area contributed by atoms with Gasteiger partial charge in [-0.15, -0.1) is 0 Å². The number of benzene rings is 1. The number of para-hydroxylation sites is 1. The summed E-state index contributed by atoms with van der Waals surface area (Å²) in [6.45, 7) is 4.53. The Balaban J connectivity index is 1.37. The van der Waals surface area contributed by atoms with Crippen LogP contribution >= 0.6 is 0 Å². The van der Waals surface area contributed by atoms with Crippen molar-refractivity contribution in [1.82, 2.24) is 14.8 Å². The maximum absolute atomic E-state index is 13.2. The Hall–Kier alpha value is -2.73. The first kappa shape index (κ1) is 26.9.